The molecular formula is C26H34N4O6S. The summed E-state index contributed by atoms with van der Waals surface area (Å²) >= 11 is 0. The van der Waals surface area contributed by atoms with Crippen LogP contribution in [0.1, 0.15) is 25.8 Å². The van der Waals surface area contributed by atoms with E-state index in [0.717, 1.165) is 21.8 Å². The summed E-state index contributed by atoms with van der Waals surface area (Å²) in [6.07, 6.45) is 3.52. The highest BCUT2D eigenvalue weighted by atomic mass is 32.2. The summed E-state index contributed by atoms with van der Waals surface area (Å²) in [5.74, 6) is 0.651. The molecule has 0 radical (unpaired) electrons. The first-order chi connectivity index (χ1) is 17.6. The molecule has 1 aliphatic rings. The molecular weight excluding hydrogens is 496 g/mol. The van der Waals surface area contributed by atoms with Gasteiger partial charge in [-0.25, -0.2) is 8.42 Å². The fraction of sp³-hybridized carbons (Fsp3) is 0.385. The van der Waals surface area contributed by atoms with Crippen LogP contribution in [-0.4, -0.2) is 71.8 Å². The van der Waals surface area contributed by atoms with Crippen molar-refractivity contribution in [1.29, 1.82) is 0 Å². The number of ether oxygens (including phenoxy) is 2. The van der Waals surface area contributed by atoms with Crippen LogP contribution in [0, 0.1) is 0 Å². The molecule has 0 atom stereocenters. The third-order valence-corrected chi connectivity index (χ3v) is 7.22. The van der Waals surface area contributed by atoms with Crippen molar-refractivity contribution in [3.8, 4) is 11.5 Å². The van der Waals surface area contributed by atoms with Gasteiger partial charge < -0.3 is 25.0 Å². The molecule has 0 aliphatic carbocycles. The largest absolute Gasteiger partial charge is 0.493 e. The second kappa shape index (κ2) is 12.0. The van der Waals surface area contributed by atoms with E-state index in [1.54, 1.807) is 55.5 Å². The molecule has 0 saturated heterocycles. The fourth-order valence-corrected chi connectivity index (χ4v) is 4.95. The van der Waals surface area contributed by atoms with Crippen molar-refractivity contribution in [1.82, 2.24) is 4.90 Å². The van der Waals surface area contributed by atoms with E-state index in [-0.39, 0.29) is 18.4 Å². The Kier molecular flexibility index (Phi) is 9.04. The molecule has 3 rings (SSSR count). The Morgan fingerprint density at radius 3 is 2.24 bits per heavy atom. The lowest BCUT2D eigenvalue weighted by Crippen LogP contribution is -2.42. The molecule has 0 unspecified atom stereocenters. The van der Waals surface area contributed by atoms with Crippen LogP contribution in [0.15, 0.2) is 42.5 Å². The highest BCUT2D eigenvalue weighted by molar-refractivity contribution is 7.92. The number of carbonyl (C=O) groups is 2. The smallest absolute Gasteiger partial charge is 0.256 e. The van der Waals surface area contributed by atoms with Crippen LogP contribution in [0.4, 0.5) is 17.1 Å². The lowest BCUT2D eigenvalue weighted by molar-refractivity contribution is -0.129. The van der Waals surface area contributed by atoms with Gasteiger partial charge in [0.2, 0.25) is 15.9 Å². The molecule has 200 valence electrons. The van der Waals surface area contributed by atoms with Crippen molar-refractivity contribution in [3.05, 3.63) is 48.0 Å². The van der Waals surface area contributed by atoms with Gasteiger partial charge in [0.15, 0.2) is 11.5 Å². The second-order valence-electron chi connectivity index (χ2n) is 8.42. The summed E-state index contributed by atoms with van der Waals surface area (Å²) < 4.78 is 36.5. The number of likely N-dealkylation sites (N-methyl/N-ethyl adjacent to an activating group) is 1. The highest BCUT2D eigenvalue weighted by Crippen LogP contribution is 2.40. The van der Waals surface area contributed by atoms with E-state index >= 15 is 0 Å². The molecule has 0 saturated carbocycles. The normalized spacial score (nSPS) is 13.6. The van der Waals surface area contributed by atoms with Crippen molar-refractivity contribution < 1.29 is 27.5 Å². The standard InChI is InChI=1S/C26H34N4O6S/c1-6-29(7-2)25(31)17-30(37(5,33)34)19-12-10-18(11-13-19)27-14-8-9-20-21-15-23(35-3)24(36-4)16-22(21)28-26(20)32/h9-13,15-16,27H,6-8,14,17H2,1-5H3,(H,28,32). The number of amides is 2. The van der Waals surface area contributed by atoms with Crippen LogP contribution in [0.5, 0.6) is 11.5 Å². The third-order valence-electron chi connectivity index (χ3n) is 6.08. The molecule has 2 amide bonds. The predicted octanol–water partition coefficient (Wildman–Crippen LogP) is 3.18. The fourth-order valence-electron chi connectivity index (χ4n) is 4.10. The minimum atomic E-state index is -3.64. The zero-order valence-corrected chi connectivity index (χ0v) is 22.6. The predicted molar refractivity (Wildman–Crippen MR) is 146 cm³/mol. The number of nitrogens with one attached hydrogen (secondary N) is 2. The Balaban J connectivity index is 1.65. The van der Waals surface area contributed by atoms with Gasteiger partial charge >= 0.3 is 0 Å². The zero-order valence-electron chi connectivity index (χ0n) is 21.8. The number of fused-ring (bicyclic) bond motifs is 1. The Morgan fingerprint density at radius 1 is 1.05 bits per heavy atom. The third kappa shape index (κ3) is 6.53. The summed E-state index contributed by atoms with van der Waals surface area (Å²) in [6, 6.07) is 10.4. The monoisotopic (exact) mass is 530 g/mol. The van der Waals surface area contributed by atoms with Gasteiger partial charge in [-0.2, -0.15) is 0 Å². The number of hydrogen-bond acceptors (Lipinski definition) is 7. The number of rotatable bonds is 12. The van der Waals surface area contributed by atoms with Gasteiger partial charge in [-0.1, -0.05) is 6.08 Å². The van der Waals surface area contributed by atoms with Gasteiger partial charge in [0.1, 0.15) is 6.54 Å². The number of nitrogens with zero attached hydrogens (tertiary/aromatic N) is 2. The molecule has 2 aromatic carbocycles. The first-order valence-electron chi connectivity index (χ1n) is 12.0. The molecule has 1 aliphatic heterocycles. The number of benzene rings is 2. The van der Waals surface area contributed by atoms with Crippen LogP contribution in [0.25, 0.3) is 5.57 Å². The topological polar surface area (TPSA) is 117 Å². The average Bonchev–Trinajstić information content (AvgIpc) is 3.18. The highest BCUT2D eigenvalue weighted by Gasteiger charge is 2.26. The second-order valence-corrected chi connectivity index (χ2v) is 10.3. The lowest BCUT2D eigenvalue weighted by atomic mass is 10.1. The van der Waals surface area contributed by atoms with Crippen LogP contribution in [0.3, 0.4) is 0 Å². The van der Waals surface area contributed by atoms with E-state index in [4.69, 9.17) is 9.47 Å². The molecule has 37 heavy (non-hydrogen) atoms. The minimum Gasteiger partial charge on any atom is -0.493 e. The Hall–Kier alpha value is -3.73. The first-order valence-corrected chi connectivity index (χ1v) is 13.8. The molecule has 0 bridgehead atoms. The summed E-state index contributed by atoms with van der Waals surface area (Å²) in [4.78, 5) is 26.6. The van der Waals surface area contributed by atoms with Gasteiger partial charge in [0.05, 0.1) is 31.9 Å². The van der Waals surface area contributed by atoms with E-state index in [1.165, 1.54) is 0 Å². The summed E-state index contributed by atoms with van der Waals surface area (Å²) in [6.45, 7) is 5.04. The summed E-state index contributed by atoms with van der Waals surface area (Å²) in [5, 5.41) is 6.11. The number of hydrogen-bond donors (Lipinski definition) is 2. The van der Waals surface area contributed by atoms with Crippen molar-refractivity contribution in [2.45, 2.75) is 20.3 Å². The van der Waals surface area contributed by atoms with Crippen LogP contribution in [-0.2, 0) is 19.6 Å². The summed E-state index contributed by atoms with van der Waals surface area (Å²) in [5.41, 5.74) is 3.20. The maximum absolute atomic E-state index is 12.5. The quantitative estimate of drug-likeness (QED) is 0.320. The zero-order chi connectivity index (χ0) is 27.2. The maximum Gasteiger partial charge on any atom is 0.256 e. The molecule has 2 N–H and O–H groups in total. The molecule has 10 nitrogen and oxygen atoms in total. The van der Waals surface area contributed by atoms with Gasteiger partial charge in [-0.3, -0.25) is 13.9 Å². The summed E-state index contributed by atoms with van der Waals surface area (Å²) in [7, 11) is -0.554. The van der Waals surface area contributed by atoms with E-state index in [1.807, 2.05) is 19.9 Å². The lowest BCUT2D eigenvalue weighted by Gasteiger charge is -2.26. The average molecular weight is 531 g/mol. The van der Waals surface area contributed by atoms with Gasteiger partial charge in [-0.15, -0.1) is 0 Å². The van der Waals surface area contributed by atoms with Crippen molar-refractivity contribution in [2.24, 2.45) is 0 Å². The Morgan fingerprint density at radius 2 is 1.68 bits per heavy atom. The molecule has 0 fully saturated rings. The van der Waals surface area contributed by atoms with Crippen LogP contribution in [0.2, 0.25) is 0 Å². The van der Waals surface area contributed by atoms with Gasteiger partial charge in [-0.05, 0) is 50.6 Å². The Bertz CT molecular complexity index is 1270. The SMILES string of the molecule is CCN(CC)C(=O)CN(c1ccc(NCCC=C2C(=O)Nc3cc(OC)c(OC)cc32)cc1)S(C)(=O)=O. The number of methoxy groups -OCH3 is 2. The molecule has 0 spiro atoms. The van der Waals surface area contributed by atoms with Crippen LogP contribution >= 0.6 is 0 Å². The number of sulfonamides is 1. The molecule has 1 heterocycles. The number of carbonyl (C=O) groups excluding carboxylic acids is 2. The van der Waals surface area contributed by atoms with Crippen molar-refractivity contribution >= 4 is 44.5 Å². The molecule has 11 heteroatoms. The van der Waals surface area contributed by atoms with E-state index < -0.39 is 10.0 Å². The van der Waals surface area contributed by atoms with Crippen molar-refractivity contribution in [2.75, 3.05) is 61.6 Å². The van der Waals surface area contributed by atoms with Crippen molar-refractivity contribution in [3.63, 3.8) is 0 Å². The Labute approximate surface area is 218 Å². The minimum absolute atomic E-state index is 0.185. The van der Waals surface area contributed by atoms with E-state index in [2.05, 4.69) is 10.6 Å². The molecule has 0 aromatic heterocycles. The maximum atomic E-state index is 12.5. The van der Waals surface area contributed by atoms with Gasteiger partial charge in [0, 0.05) is 42.5 Å². The molecule has 2 aromatic rings. The first kappa shape index (κ1) is 27.9. The van der Waals surface area contributed by atoms with E-state index in [0.29, 0.717) is 54.5 Å². The number of anilines is 3. The van der Waals surface area contributed by atoms with Gasteiger partial charge in [0.25, 0.3) is 5.91 Å². The van der Waals surface area contributed by atoms with Crippen LogP contribution < -0.4 is 24.4 Å². The van der Waals surface area contributed by atoms with E-state index in [9.17, 15) is 18.0 Å².